The zero-order valence-electron chi connectivity index (χ0n) is 12.4. The summed E-state index contributed by atoms with van der Waals surface area (Å²) < 4.78 is 2.16. The van der Waals surface area contributed by atoms with Crippen LogP contribution in [0.5, 0.6) is 0 Å². The molecule has 1 rings (SSSR count). The van der Waals surface area contributed by atoms with Crippen LogP contribution in [-0.2, 0) is 7.05 Å². The minimum atomic E-state index is 0.407. The zero-order chi connectivity index (χ0) is 13.4. The van der Waals surface area contributed by atoms with Gasteiger partial charge < -0.3 is 9.88 Å². The second-order valence-corrected chi connectivity index (χ2v) is 5.17. The lowest BCUT2D eigenvalue weighted by atomic mass is 9.89. The summed E-state index contributed by atoms with van der Waals surface area (Å²) in [6.45, 7) is 7.84. The van der Waals surface area contributed by atoms with Gasteiger partial charge in [-0.05, 0) is 31.7 Å². The van der Waals surface area contributed by atoms with Crippen molar-refractivity contribution in [3.63, 3.8) is 0 Å². The predicted molar refractivity (Wildman–Crippen MR) is 77.5 cm³/mol. The van der Waals surface area contributed by atoms with Gasteiger partial charge in [0.2, 0.25) is 0 Å². The normalized spacial score (nSPS) is 13.2. The maximum absolute atomic E-state index is 4.55. The molecule has 0 aliphatic heterocycles. The lowest BCUT2D eigenvalue weighted by Crippen LogP contribution is -2.31. The SMILES string of the molecule is CCCNC(c1nccn1C)C(CCC)CCC. The van der Waals surface area contributed by atoms with Crippen molar-refractivity contribution in [2.75, 3.05) is 6.54 Å². The number of aryl methyl sites for hydroxylation is 1. The van der Waals surface area contributed by atoms with Crippen LogP contribution in [0, 0.1) is 5.92 Å². The number of nitrogens with zero attached hydrogens (tertiary/aromatic N) is 2. The first-order chi connectivity index (χ1) is 8.74. The Morgan fingerprint density at radius 2 is 1.83 bits per heavy atom. The monoisotopic (exact) mass is 251 g/mol. The van der Waals surface area contributed by atoms with E-state index in [0.29, 0.717) is 12.0 Å². The number of imidazole rings is 1. The van der Waals surface area contributed by atoms with Crippen LogP contribution in [-0.4, -0.2) is 16.1 Å². The molecule has 0 saturated heterocycles. The van der Waals surface area contributed by atoms with E-state index in [4.69, 9.17) is 0 Å². The highest BCUT2D eigenvalue weighted by atomic mass is 15.1. The molecule has 3 heteroatoms. The third-order valence-electron chi connectivity index (χ3n) is 3.54. The molecule has 1 unspecified atom stereocenters. The summed E-state index contributed by atoms with van der Waals surface area (Å²) in [5.74, 6) is 1.89. The topological polar surface area (TPSA) is 29.9 Å². The van der Waals surface area contributed by atoms with Crippen LogP contribution in [0.15, 0.2) is 12.4 Å². The van der Waals surface area contributed by atoms with Crippen LogP contribution in [0.3, 0.4) is 0 Å². The summed E-state index contributed by atoms with van der Waals surface area (Å²) in [6, 6.07) is 0.407. The van der Waals surface area contributed by atoms with Crippen LogP contribution in [0.4, 0.5) is 0 Å². The molecule has 0 spiro atoms. The molecule has 0 fully saturated rings. The van der Waals surface area contributed by atoms with Crippen molar-refractivity contribution in [3.8, 4) is 0 Å². The summed E-state index contributed by atoms with van der Waals surface area (Å²) in [7, 11) is 2.10. The van der Waals surface area contributed by atoms with Gasteiger partial charge >= 0.3 is 0 Å². The smallest absolute Gasteiger partial charge is 0.125 e. The van der Waals surface area contributed by atoms with Gasteiger partial charge in [-0.2, -0.15) is 0 Å². The maximum Gasteiger partial charge on any atom is 0.125 e. The lowest BCUT2D eigenvalue weighted by Gasteiger charge is -2.27. The van der Waals surface area contributed by atoms with Crippen molar-refractivity contribution < 1.29 is 0 Å². The number of hydrogen-bond donors (Lipinski definition) is 1. The Kier molecular flexibility index (Phi) is 7.02. The van der Waals surface area contributed by atoms with Crippen LogP contribution < -0.4 is 5.32 Å². The summed E-state index contributed by atoms with van der Waals surface area (Å²) in [5, 5.41) is 3.70. The first-order valence-corrected chi connectivity index (χ1v) is 7.45. The molecule has 0 aliphatic carbocycles. The Bertz CT molecular complexity index is 313. The molecule has 1 heterocycles. The fourth-order valence-corrected chi connectivity index (χ4v) is 2.66. The molecule has 0 amide bonds. The van der Waals surface area contributed by atoms with Gasteiger partial charge in [0.1, 0.15) is 5.82 Å². The Hall–Kier alpha value is -0.830. The zero-order valence-corrected chi connectivity index (χ0v) is 12.4. The van der Waals surface area contributed by atoms with Crippen LogP contribution in [0.25, 0.3) is 0 Å². The number of rotatable bonds is 9. The molecular weight excluding hydrogens is 222 g/mol. The summed E-state index contributed by atoms with van der Waals surface area (Å²) in [6.07, 6.45) is 10.2. The quantitative estimate of drug-likeness (QED) is 0.725. The molecule has 1 aromatic rings. The van der Waals surface area contributed by atoms with Gasteiger partial charge in [0.25, 0.3) is 0 Å². The molecule has 0 aliphatic rings. The largest absolute Gasteiger partial charge is 0.337 e. The first kappa shape index (κ1) is 15.2. The van der Waals surface area contributed by atoms with Crippen molar-refractivity contribution >= 4 is 0 Å². The molecular formula is C15H29N3. The average molecular weight is 251 g/mol. The third-order valence-corrected chi connectivity index (χ3v) is 3.54. The van der Waals surface area contributed by atoms with Crippen LogP contribution in [0.2, 0.25) is 0 Å². The van der Waals surface area contributed by atoms with Gasteiger partial charge in [-0.3, -0.25) is 0 Å². The fourth-order valence-electron chi connectivity index (χ4n) is 2.66. The molecule has 1 aromatic heterocycles. The second-order valence-electron chi connectivity index (χ2n) is 5.17. The molecule has 0 radical (unpaired) electrons. The summed E-state index contributed by atoms with van der Waals surface area (Å²) in [4.78, 5) is 4.55. The van der Waals surface area contributed by atoms with Crippen molar-refractivity contribution in [1.82, 2.24) is 14.9 Å². The molecule has 18 heavy (non-hydrogen) atoms. The fraction of sp³-hybridized carbons (Fsp3) is 0.800. The van der Waals surface area contributed by atoms with E-state index in [9.17, 15) is 0 Å². The standard InChI is InChI=1S/C15H29N3/c1-5-8-13(9-6-2)14(16-10-7-3)15-17-11-12-18(15)4/h11-14,16H,5-10H2,1-4H3. The van der Waals surface area contributed by atoms with Crippen molar-refractivity contribution in [1.29, 1.82) is 0 Å². The van der Waals surface area contributed by atoms with Gasteiger partial charge in [-0.1, -0.05) is 33.6 Å². The number of nitrogens with one attached hydrogen (secondary N) is 1. The highest BCUT2D eigenvalue weighted by Crippen LogP contribution is 2.28. The average Bonchev–Trinajstić information content (AvgIpc) is 2.77. The van der Waals surface area contributed by atoms with Gasteiger partial charge in [-0.25, -0.2) is 4.98 Å². The molecule has 0 bridgehead atoms. The van der Waals surface area contributed by atoms with E-state index in [1.165, 1.54) is 37.9 Å². The van der Waals surface area contributed by atoms with Crippen molar-refractivity contribution in [2.24, 2.45) is 13.0 Å². The highest BCUT2D eigenvalue weighted by molar-refractivity contribution is 5.01. The van der Waals surface area contributed by atoms with Gasteiger partial charge in [0.15, 0.2) is 0 Å². The van der Waals surface area contributed by atoms with E-state index < -0.39 is 0 Å². The Balaban J connectivity index is 2.84. The maximum atomic E-state index is 4.55. The van der Waals surface area contributed by atoms with Gasteiger partial charge in [-0.15, -0.1) is 0 Å². The van der Waals surface area contributed by atoms with Gasteiger partial charge in [0, 0.05) is 19.4 Å². The number of hydrogen-bond acceptors (Lipinski definition) is 2. The first-order valence-electron chi connectivity index (χ1n) is 7.45. The van der Waals surface area contributed by atoms with Gasteiger partial charge in [0.05, 0.1) is 6.04 Å². The van der Waals surface area contributed by atoms with E-state index in [2.05, 4.69) is 42.7 Å². The Morgan fingerprint density at radius 1 is 1.17 bits per heavy atom. The lowest BCUT2D eigenvalue weighted by molar-refractivity contribution is 0.301. The van der Waals surface area contributed by atoms with E-state index in [1.54, 1.807) is 0 Å². The summed E-state index contributed by atoms with van der Waals surface area (Å²) >= 11 is 0. The second kappa shape index (κ2) is 8.30. The highest BCUT2D eigenvalue weighted by Gasteiger charge is 2.24. The van der Waals surface area contributed by atoms with E-state index in [0.717, 1.165) is 6.54 Å². The molecule has 1 N–H and O–H groups in total. The van der Waals surface area contributed by atoms with Crippen LogP contribution >= 0.6 is 0 Å². The third kappa shape index (κ3) is 4.13. The van der Waals surface area contributed by atoms with E-state index in [-0.39, 0.29) is 0 Å². The van der Waals surface area contributed by atoms with E-state index in [1.807, 2.05) is 12.4 Å². The van der Waals surface area contributed by atoms with E-state index >= 15 is 0 Å². The summed E-state index contributed by atoms with van der Waals surface area (Å²) in [5.41, 5.74) is 0. The van der Waals surface area contributed by atoms with Crippen molar-refractivity contribution in [2.45, 2.75) is 58.9 Å². The Labute approximate surface area is 112 Å². The molecule has 1 atom stereocenters. The van der Waals surface area contributed by atoms with Crippen LogP contribution in [0.1, 0.15) is 64.7 Å². The van der Waals surface area contributed by atoms with Crippen molar-refractivity contribution in [3.05, 3.63) is 18.2 Å². The molecule has 0 aromatic carbocycles. The number of aromatic nitrogens is 2. The predicted octanol–water partition coefficient (Wildman–Crippen LogP) is 3.68. The Morgan fingerprint density at radius 3 is 2.28 bits per heavy atom. The molecule has 0 saturated carbocycles. The molecule has 3 nitrogen and oxygen atoms in total. The molecule has 104 valence electrons. The minimum Gasteiger partial charge on any atom is -0.337 e. The minimum absolute atomic E-state index is 0.407.